The molecule has 3 aromatic carbocycles. The minimum Gasteiger partial charge on any atom is -0.397 e. The average Bonchev–Trinajstić information content (AvgIpc) is 3.17. The van der Waals surface area contributed by atoms with E-state index in [2.05, 4.69) is 45.1 Å². The van der Waals surface area contributed by atoms with Gasteiger partial charge in [0, 0.05) is 15.6 Å². The van der Waals surface area contributed by atoms with Crippen LogP contribution in [0.3, 0.4) is 0 Å². The number of hydrogen-bond acceptors (Lipinski definition) is 6. The van der Waals surface area contributed by atoms with E-state index in [1.165, 1.54) is 0 Å². The molecule has 6 nitrogen and oxygen atoms in total. The van der Waals surface area contributed by atoms with Crippen molar-refractivity contribution in [2.45, 2.75) is 38.9 Å². The van der Waals surface area contributed by atoms with Gasteiger partial charge in [0.15, 0.2) is 0 Å². The van der Waals surface area contributed by atoms with Gasteiger partial charge in [-0.1, -0.05) is 145 Å². The largest absolute Gasteiger partial charge is 0.443 e. The Kier molecular flexibility index (Phi) is 10.5. The number of hydrogen-bond donors (Lipinski definition) is 0. The zero-order chi connectivity index (χ0) is 34.4. The molecule has 2 fully saturated rings. The predicted molar refractivity (Wildman–Crippen MR) is 202 cm³/mol. The lowest BCUT2D eigenvalue weighted by Crippen LogP contribution is -2.79. The van der Waals surface area contributed by atoms with Gasteiger partial charge in [0.2, 0.25) is 0 Å². The first-order valence-electron chi connectivity index (χ1n) is 15.5. The molecule has 2 heterocycles. The van der Waals surface area contributed by atoms with Crippen molar-refractivity contribution in [3.63, 3.8) is 0 Å². The third kappa shape index (κ3) is 6.56. The standard InChI is InChI=1S/C36H34O6Si6/c1-8-43(9-2)37-44(10-3,11-4)39-45(12-5,38-43)32-24-25-33-48(36-30-22-17-23-31-36)41-46(13-6,34-26-18-15-19-27-34)40-47(14-7,42-48)35-28-20-16-21-29-35/h1,3,6-7,15-23,26-31H,9,11-12H2,2,4-5H3. The molecule has 0 radical (unpaired) electrons. The van der Waals surface area contributed by atoms with Crippen molar-refractivity contribution in [3.05, 3.63) is 91.0 Å². The Bertz CT molecular complexity index is 1850. The van der Waals surface area contributed by atoms with Crippen LogP contribution in [0.15, 0.2) is 91.0 Å². The Morgan fingerprint density at radius 3 is 1.10 bits per heavy atom. The molecule has 2 aliphatic rings. The van der Waals surface area contributed by atoms with Gasteiger partial charge < -0.3 is 24.7 Å². The quantitative estimate of drug-likeness (QED) is 0.287. The van der Waals surface area contributed by atoms with Crippen molar-refractivity contribution in [2.24, 2.45) is 0 Å². The molecule has 3 aromatic rings. The van der Waals surface area contributed by atoms with Crippen LogP contribution in [-0.2, 0) is 24.7 Å². The Balaban J connectivity index is 1.71. The summed E-state index contributed by atoms with van der Waals surface area (Å²) in [5, 5.41) is 2.18. The Labute approximate surface area is 291 Å². The van der Waals surface area contributed by atoms with Crippen molar-refractivity contribution in [1.29, 1.82) is 0 Å². The van der Waals surface area contributed by atoms with E-state index in [0.29, 0.717) is 18.1 Å². The van der Waals surface area contributed by atoms with Crippen molar-refractivity contribution >= 4 is 66.9 Å². The van der Waals surface area contributed by atoms with E-state index >= 15 is 0 Å². The van der Waals surface area contributed by atoms with E-state index in [1.54, 1.807) is 0 Å². The third-order valence-corrected chi connectivity index (χ3v) is 31.6. The highest BCUT2D eigenvalue weighted by Gasteiger charge is 2.65. The minimum absolute atomic E-state index is 0.488. The van der Waals surface area contributed by atoms with Crippen LogP contribution in [0.1, 0.15) is 20.8 Å². The lowest BCUT2D eigenvalue weighted by atomic mass is 10.4. The van der Waals surface area contributed by atoms with Gasteiger partial charge >= 0.3 is 51.4 Å². The van der Waals surface area contributed by atoms with Crippen LogP contribution in [0.25, 0.3) is 0 Å². The first-order chi connectivity index (χ1) is 23.2. The van der Waals surface area contributed by atoms with E-state index in [0.717, 1.165) is 15.6 Å². The van der Waals surface area contributed by atoms with Gasteiger partial charge in [0.25, 0.3) is 0 Å². The molecular formula is C36H34O6Si6. The smallest absolute Gasteiger partial charge is 0.397 e. The van der Waals surface area contributed by atoms with Crippen molar-refractivity contribution in [1.82, 2.24) is 0 Å². The van der Waals surface area contributed by atoms with Crippen LogP contribution in [0.5, 0.6) is 0 Å². The number of rotatable bonds is 6. The first kappa shape index (κ1) is 35.4. The van der Waals surface area contributed by atoms with Crippen LogP contribution >= 0.6 is 0 Å². The Morgan fingerprint density at radius 1 is 0.417 bits per heavy atom. The van der Waals surface area contributed by atoms with E-state index in [-0.39, 0.29) is 0 Å². The molecule has 0 spiro atoms. The van der Waals surface area contributed by atoms with Crippen LogP contribution in [0, 0.1) is 70.8 Å². The van der Waals surface area contributed by atoms with Gasteiger partial charge in [0.1, 0.15) is 0 Å². The summed E-state index contributed by atoms with van der Waals surface area (Å²) in [6.07, 6.45) is 24.7. The highest BCUT2D eigenvalue weighted by molar-refractivity contribution is 7.12. The zero-order valence-corrected chi connectivity index (χ0v) is 33.0. The fraction of sp³-hybridized carbons (Fsp3) is 0.167. The maximum absolute atomic E-state index is 7.03. The molecule has 0 bridgehead atoms. The molecule has 238 valence electrons. The molecule has 2 aliphatic heterocycles. The van der Waals surface area contributed by atoms with Crippen LogP contribution in [0.4, 0.5) is 0 Å². The van der Waals surface area contributed by atoms with Crippen molar-refractivity contribution in [2.75, 3.05) is 0 Å². The number of terminal acetylenes is 4. The van der Waals surface area contributed by atoms with E-state index < -0.39 is 51.4 Å². The maximum atomic E-state index is 7.03. The summed E-state index contributed by atoms with van der Waals surface area (Å²) >= 11 is 0. The molecule has 2 saturated heterocycles. The molecule has 5 rings (SSSR count). The zero-order valence-electron chi connectivity index (χ0n) is 27.0. The van der Waals surface area contributed by atoms with Gasteiger partial charge in [-0.25, -0.2) is 0 Å². The van der Waals surface area contributed by atoms with E-state index in [4.69, 9.17) is 50.4 Å². The average molecular weight is 731 g/mol. The highest BCUT2D eigenvalue weighted by Crippen LogP contribution is 2.36. The lowest BCUT2D eigenvalue weighted by Gasteiger charge is -2.47. The molecule has 0 aliphatic carbocycles. The normalized spacial score (nSPS) is 32.3. The molecule has 48 heavy (non-hydrogen) atoms. The second-order valence-electron chi connectivity index (χ2n) is 11.0. The fourth-order valence-electron chi connectivity index (χ4n) is 5.40. The monoisotopic (exact) mass is 730 g/mol. The summed E-state index contributed by atoms with van der Waals surface area (Å²) in [5.41, 5.74) is 18.1. The second-order valence-corrected chi connectivity index (χ2v) is 29.6. The molecular weight excluding hydrogens is 697 g/mol. The molecule has 0 N–H and O–H groups in total. The van der Waals surface area contributed by atoms with E-state index in [1.807, 2.05) is 112 Å². The highest BCUT2D eigenvalue weighted by atomic mass is 28.5. The predicted octanol–water partition coefficient (Wildman–Crippen LogP) is 3.32. The van der Waals surface area contributed by atoms with Crippen LogP contribution < -0.4 is 15.6 Å². The van der Waals surface area contributed by atoms with Gasteiger partial charge in [-0.2, -0.15) is 0 Å². The lowest BCUT2D eigenvalue weighted by molar-refractivity contribution is 0.242. The van der Waals surface area contributed by atoms with E-state index in [9.17, 15) is 0 Å². The minimum atomic E-state index is -3.83. The molecule has 4 unspecified atom stereocenters. The molecule has 0 amide bonds. The summed E-state index contributed by atoms with van der Waals surface area (Å²) in [4.78, 5) is 0. The summed E-state index contributed by atoms with van der Waals surface area (Å²) < 4.78 is 40.4. The van der Waals surface area contributed by atoms with Gasteiger partial charge in [-0.15, -0.1) is 25.7 Å². The first-order valence-corrected chi connectivity index (χ1v) is 27.0. The molecule has 12 heteroatoms. The fourth-order valence-corrected chi connectivity index (χ4v) is 32.3. The summed E-state index contributed by atoms with van der Waals surface area (Å²) in [5.74, 6) is 6.11. The molecule has 0 saturated carbocycles. The number of benzene rings is 3. The summed E-state index contributed by atoms with van der Waals surface area (Å²) in [6, 6.07) is 30.0. The maximum Gasteiger partial charge on any atom is 0.443 e. The van der Waals surface area contributed by atoms with Crippen LogP contribution in [0.2, 0.25) is 18.1 Å². The summed E-state index contributed by atoms with van der Waals surface area (Å²) in [7, 11) is -20.7. The third-order valence-electron chi connectivity index (χ3n) is 8.07. The van der Waals surface area contributed by atoms with Gasteiger partial charge in [0.05, 0.1) is 0 Å². The summed E-state index contributed by atoms with van der Waals surface area (Å²) in [6.45, 7) is 5.85. The molecule has 4 atom stereocenters. The SMILES string of the molecule is C#C[Si]1(CC)O[Si](C#C)(CC)O[Si](C#CC#C[Si]2(c3ccccc3)O[Si](C#C)(c3ccccc3)O[Si](C#C)(c3ccccc3)O2)(CC)O1. The van der Waals surface area contributed by atoms with Crippen molar-refractivity contribution < 1.29 is 24.7 Å². The van der Waals surface area contributed by atoms with Crippen molar-refractivity contribution in [3.8, 4) is 70.8 Å². The Morgan fingerprint density at radius 2 is 0.750 bits per heavy atom. The molecule has 0 aromatic heterocycles. The topological polar surface area (TPSA) is 55.4 Å². The van der Waals surface area contributed by atoms with Gasteiger partial charge in [-0.3, -0.25) is 0 Å². The second kappa shape index (κ2) is 14.3. The Hall–Kier alpha value is -3.92. The van der Waals surface area contributed by atoms with Gasteiger partial charge in [-0.05, 0) is 30.0 Å². The van der Waals surface area contributed by atoms with Crippen LogP contribution in [-0.4, -0.2) is 51.4 Å².